The highest BCUT2D eigenvalue weighted by Gasteiger charge is 2.39. The van der Waals surface area contributed by atoms with Crippen molar-refractivity contribution < 1.29 is 27.8 Å². The third-order valence-corrected chi connectivity index (χ3v) is 9.22. The van der Waals surface area contributed by atoms with Gasteiger partial charge in [0.15, 0.2) is 0 Å². The van der Waals surface area contributed by atoms with Crippen molar-refractivity contribution in [3.05, 3.63) is 79.2 Å². The molecule has 3 heterocycles. The summed E-state index contributed by atoms with van der Waals surface area (Å²) in [5.74, 6) is -0.503. The maximum Gasteiger partial charge on any atom is 0.414 e. The number of ether oxygens (including phenoxy) is 2. The van der Waals surface area contributed by atoms with Crippen LogP contribution < -0.4 is 15.2 Å². The number of H-pyrrole nitrogens is 1. The molecule has 224 valence electrons. The lowest BCUT2D eigenvalue weighted by molar-refractivity contribution is 0.0684. The highest BCUT2D eigenvalue weighted by molar-refractivity contribution is 7.99. The van der Waals surface area contributed by atoms with Gasteiger partial charge in [0.25, 0.3) is 11.5 Å². The molecule has 1 aromatic heterocycles. The summed E-state index contributed by atoms with van der Waals surface area (Å²) < 4.78 is 39.0. The van der Waals surface area contributed by atoms with E-state index in [1.165, 1.54) is 29.0 Å². The number of amides is 2. The maximum absolute atomic E-state index is 14.1. The van der Waals surface area contributed by atoms with E-state index in [4.69, 9.17) is 44.3 Å². The predicted molar refractivity (Wildman–Crippen MR) is 157 cm³/mol. The van der Waals surface area contributed by atoms with Crippen LogP contribution >= 0.6 is 46.6 Å². The molecule has 1 fully saturated rings. The molecule has 0 bridgehead atoms. The minimum atomic E-state index is -3.95. The van der Waals surface area contributed by atoms with Gasteiger partial charge in [-0.25, -0.2) is 4.79 Å². The van der Waals surface area contributed by atoms with E-state index < -0.39 is 40.2 Å². The van der Waals surface area contributed by atoms with E-state index in [0.717, 1.165) is 17.8 Å². The lowest BCUT2D eigenvalue weighted by atomic mass is 10.0. The summed E-state index contributed by atoms with van der Waals surface area (Å²) in [4.78, 5) is 44.7. The molecule has 0 saturated carbocycles. The highest BCUT2D eigenvalue weighted by Crippen LogP contribution is 2.45. The molecule has 15 heteroatoms. The lowest BCUT2D eigenvalue weighted by Crippen LogP contribution is -2.38. The summed E-state index contributed by atoms with van der Waals surface area (Å²) in [6.45, 7) is 0.623. The Balaban J connectivity index is 1.61. The van der Waals surface area contributed by atoms with Gasteiger partial charge in [-0.05, 0) is 59.5 Å². The number of methoxy groups -OCH3 is 1. The summed E-state index contributed by atoms with van der Waals surface area (Å²) >= 11 is 18.6. The second-order valence-corrected chi connectivity index (χ2v) is 11.9. The molecule has 0 aliphatic carbocycles. The molecule has 0 spiro atoms. The number of nitrogens with one attached hydrogen (secondary N) is 1. The molecule has 0 radical (unpaired) electrons. The normalized spacial score (nSPS) is 16.5. The smallest absolute Gasteiger partial charge is 0.414 e. The van der Waals surface area contributed by atoms with E-state index in [0.29, 0.717) is 35.5 Å². The highest BCUT2D eigenvalue weighted by atomic mass is 35.5. The largest absolute Gasteiger partial charge is 0.495 e. The van der Waals surface area contributed by atoms with Crippen molar-refractivity contribution in [1.29, 1.82) is 5.26 Å². The van der Waals surface area contributed by atoms with Gasteiger partial charge in [0.1, 0.15) is 17.0 Å². The van der Waals surface area contributed by atoms with Gasteiger partial charge in [-0.1, -0.05) is 41.0 Å². The summed E-state index contributed by atoms with van der Waals surface area (Å²) in [5, 5.41) is 6.03. The molecule has 3 aromatic rings. The van der Waals surface area contributed by atoms with Crippen LogP contribution in [0.15, 0.2) is 51.0 Å². The Labute approximate surface area is 263 Å². The Bertz CT molecular complexity index is 1710. The summed E-state index contributed by atoms with van der Waals surface area (Å²) in [5.41, 5.74) is -0.909. The number of alkyl halides is 3. The molecule has 2 amide bonds. The first-order valence-electron chi connectivity index (χ1n) is 12.7. The number of hydrogen-bond donors (Lipinski definition) is 1. The molecule has 2 aliphatic rings. The number of aromatic amines is 1. The quantitative estimate of drug-likeness (QED) is 0.267. The fraction of sp³-hybridized carbons (Fsp3) is 0.286. The van der Waals surface area contributed by atoms with Gasteiger partial charge in [-0.15, -0.1) is 0 Å². The number of nitriles is 1. The van der Waals surface area contributed by atoms with Crippen LogP contribution in [0.1, 0.15) is 46.1 Å². The van der Waals surface area contributed by atoms with Crippen LogP contribution in [0.4, 0.5) is 19.3 Å². The van der Waals surface area contributed by atoms with E-state index >= 15 is 0 Å². The Morgan fingerprint density at radius 1 is 1.26 bits per heavy atom. The van der Waals surface area contributed by atoms with Crippen LogP contribution in [0.25, 0.3) is 0 Å². The number of halogens is 5. The van der Waals surface area contributed by atoms with Crippen molar-refractivity contribution in [2.75, 3.05) is 25.2 Å². The van der Waals surface area contributed by atoms with Crippen LogP contribution in [0.3, 0.4) is 0 Å². The van der Waals surface area contributed by atoms with Gasteiger partial charge in [0, 0.05) is 22.9 Å². The lowest BCUT2D eigenvalue weighted by Gasteiger charge is -2.28. The van der Waals surface area contributed by atoms with E-state index in [1.54, 1.807) is 18.2 Å². The zero-order valence-electron chi connectivity index (χ0n) is 22.3. The topological polar surface area (TPSA) is 116 Å². The summed E-state index contributed by atoms with van der Waals surface area (Å²) in [6, 6.07) is 10.1. The number of rotatable bonds is 7. The van der Waals surface area contributed by atoms with Crippen LogP contribution in [0.5, 0.6) is 5.75 Å². The van der Waals surface area contributed by atoms with Gasteiger partial charge >= 0.3 is 11.5 Å². The van der Waals surface area contributed by atoms with Crippen molar-refractivity contribution in [3.8, 4) is 11.8 Å². The Morgan fingerprint density at radius 2 is 1.98 bits per heavy atom. The monoisotopic (exact) mass is 668 g/mol. The molecule has 43 heavy (non-hydrogen) atoms. The number of pyridine rings is 1. The zero-order chi connectivity index (χ0) is 31.1. The Kier molecular flexibility index (Phi) is 8.81. The van der Waals surface area contributed by atoms with Crippen LogP contribution in [0.2, 0.25) is 10.0 Å². The number of fused-ring (bicyclic) bond motifs is 1. The third kappa shape index (κ3) is 5.99. The second kappa shape index (κ2) is 12.2. The first kappa shape index (κ1) is 30.9. The molecule has 2 aliphatic heterocycles. The van der Waals surface area contributed by atoms with Gasteiger partial charge in [-0.2, -0.15) is 14.0 Å². The average Bonchev–Trinajstić information content (AvgIpc) is 3.31. The minimum absolute atomic E-state index is 0.0514. The second-order valence-electron chi connectivity index (χ2n) is 9.56. The van der Waals surface area contributed by atoms with Crippen LogP contribution in [0, 0.1) is 11.3 Å². The number of carbonyl (C=O) groups excluding carboxylic acids is 2. The third-order valence-electron chi connectivity index (χ3n) is 6.97. The van der Waals surface area contributed by atoms with Gasteiger partial charge < -0.3 is 19.4 Å². The van der Waals surface area contributed by atoms with E-state index in [-0.39, 0.29) is 39.4 Å². The molecular weight excluding hydrogens is 649 g/mol. The van der Waals surface area contributed by atoms with E-state index in [1.807, 2.05) is 4.98 Å². The van der Waals surface area contributed by atoms with Crippen molar-refractivity contribution in [1.82, 2.24) is 9.88 Å². The molecule has 5 rings (SSSR count). The fourth-order valence-electron chi connectivity index (χ4n) is 5.01. The average molecular weight is 670 g/mol. The number of nitrogens with zero attached hydrogens (tertiary/aromatic N) is 3. The van der Waals surface area contributed by atoms with Gasteiger partial charge in [-0.3, -0.25) is 14.5 Å². The standard InChI is InChI=1S/C28H21Cl3F2N4O5S/c1-41-20-11-15-14(10-19(20)36-8-3-9-42-27(36)40)13-37(18(15)6-7-34)26(39)23-21(12-22(28(31,32)33)35-25(23)38)43-24-16(29)4-2-5-17(24)30/h2,4-5,10-12,18H,3,6,8-9,13H2,1H3,(H,35,38)/t18-/m1/s1. The molecule has 2 aromatic carbocycles. The molecular formula is C28H21Cl3F2N4O5S. The number of anilines is 1. The van der Waals surface area contributed by atoms with Crippen molar-refractivity contribution in [2.24, 2.45) is 0 Å². The molecule has 0 unspecified atom stereocenters. The van der Waals surface area contributed by atoms with Gasteiger partial charge in [0.2, 0.25) is 0 Å². The molecule has 9 nitrogen and oxygen atoms in total. The van der Waals surface area contributed by atoms with Crippen LogP contribution in [-0.2, 0) is 16.7 Å². The van der Waals surface area contributed by atoms with Crippen molar-refractivity contribution in [2.45, 2.75) is 40.6 Å². The van der Waals surface area contributed by atoms with E-state index in [2.05, 4.69) is 6.07 Å². The number of hydrogen-bond acceptors (Lipinski definition) is 7. The zero-order valence-corrected chi connectivity index (χ0v) is 25.3. The Morgan fingerprint density at radius 3 is 2.60 bits per heavy atom. The van der Waals surface area contributed by atoms with Gasteiger partial charge in [0.05, 0.1) is 48.0 Å². The van der Waals surface area contributed by atoms with Crippen molar-refractivity contribution in [3.63, 3.8) is 0 Å². The molecule has 1 atom stereocenters. The summed E-state index contributed by atoms with van der Waals surface area (Å²) in [7, 11) is 1.43. The Hall–Kier alpha value is -3.50. The number of carbonyl (C=O) groups is 2. The fourth-order valence-corrected chi connectivity index (χ4v) is 6.75. The first-order chi connectivity index (χ1) is 20.4. The molecule has 1 N–H and O–H groups in total. The maximum atomic E-state index is 14.1. The molecule has 1 saturated heterocycles. The van der Waals surface area contributed by atoms with Crippen molar-refractivity contribution >= 4 is 64.3 Å². The first-order valence-corrected chi connectivity index (χ1v) is 14.7. The minimum Gasteiger partial charge on any atom is -0.495 e. The number of aromatic nitrogens is 1. The van der Waals surface area contributed by atoms with E-state index in [9.17, 15) is 28.4 Å². The number of benzene rings is 2. The predicted octanol–water partition coefficient (Wildman–Crippen LogP) is 7.09. The number of cyclic esters (lactones) is 1. The SMILES string of the molecule is COc1cc2c(cc1N1CCCOC1=O)CN(C(=O)c1c(Sc3c(Cl)cccc3Cl)cc(C(F)(F)Cl)[nH]c1=O)[C@@H]2CC#N. The van der Waals surface area contributed by atoms with Crippen LogP contribution in [-0.4, -0.2) is 42.1 Å². The summed E-state index contributed by atoms with van der Waals surface area (Å²) in [6.07, 6.45) is -0.0998.